The maximum atomic E-state index is 11.6. The molecule has 0 heterocycles. The molecule has 0 aliphatic rings. The normalized spacial score (nSPS) is 11.9. The maximum Gasteiger partial charge on any atom is 0.269 e. The number of non-ortho nitro benzene ring substituents is 1. The number of carbonyl (C=O) groups excluding carboxylic acids is 1. The van der Waals surface area contributed by atoms with Crippen LogP contribution in [-0.4, -0.2) is 22.6 Å². The molecule has 1 aromatic rings. The summed E-state index contributed by atoms with van der Waals surface area (Å²) in [5.74, 6) is 1.12. The van der Waals surface area contributed by atoms with Gasteiger partial charge in [-0.15, -0.1) is 11.8 Å². The van der Waals surface area contributed by atoms with Crippen LogP contribution in [-0.2, 0) is 10.5 Å². The summed E-state index contributed by atoms with van der Waals surface area (Å²) in [5, 5.41) is 13.5. The van der Waals surface area contributed by atoms with Gasteiger partial charge in [0.15, 0.2) is 0 Å². The molecule has 0 aromatic heterocycles. The highest BCUT2D eigenvalue weighted by molar-refractivity contribution is 7.99. The molecule has 6 heteroatoms. The van der Waals surface area contributed by atoms with E-state index in [1.807, 2.05) is 6.92 Å². The second-order valence-corrected chi connectivity index (χ2v) is 5.66. The molecular formula is C14H20N2O3S. The number of rotatable bonds is 8. The molecule has 1 aromatic carbocycles. The Morgan fingerprint density at radius 1 is 1.40 bits per heavy atom. The zero-order valence-corrected chi connectivity index (χ0v) is 12.6. The Labute approximate surface area is 123 Å². The minimum Gasteiger partial charge on any atom is -0.353 e. The summed E-state index contributed by atoms with van der Waals surface area (Å²) in [5.41, 5.74) is 1.07. The predicted octanol–water partition coefficient (Wildman–Crippen LogP) is 3.13. The fourth-order valence-electron chi connectivity index (χ4n) is 1.80. The third kappa shape index (κ3) is 6.06. The third-order valence-corrected chi connectivity index (χ3v) is 3.78. The Balaban J connectivity index is 2.30. The molecule has 0 fully saturated rings. The largest absolute Gasteiger partial charge is 0.353 e. The van der Waals surface area contributed by atoms with Crippen molar-refractivity contribution in [1.82, 2.24) is 5.32 Å². The van der Waals surface area contributed by atoms with Gasteiger partial charge in [0.1, 0.15) is 0 Å². The van der Waals surface area contributed by atoms with E-state index in [-0.39, 0.29) is 17.6 Å². The summed E-state index contributed by atoms with van der Waals surface area (Å²) in [6.45, 7) is 4.09. The van der Waals surface area contributed by atoms with E-state index in [4.69, 9.17) is 0 Å². The molecule has 0 aliphatic carbocycles. The van der Waals surface area contributed by atoms with Gasteiger partial charge in [0.2, 0.25) is 5.91 Å². The molecule has 0 bridgehead atoms. The number of nitro benzene ring substituents is 1. The number of nitrogens with one attached hydrogen (secondary N) is 1. The van der Waals surface area contributed by atoms with Crippen LogP contribution < -0.4 is 5.32 Å². The number of hydrogen-bond donors (Lipinski definition) is 1. The Bertz CT molecular complexity index is 448. The SMILES string of the molecule is CCC[C@@H](C)NC(=O)CSCc1ccc([N+](=O)[O-])cc1. The van der Waals surface area contributed by atoms with E-state index >= 15 is 0 Å². The standard InChI is InChI=1S/C14H20N2O3S/c1-3-4-11(2)15-14(17)10-20-9-12-5-7-13(8-6-12)16(18)19/h5-8,11H,3-4,9-10H2,1-2H3,(H,15,17)/t11-/m1/s1. The van der Waals surface area contributed by atoms with Crippen LogP contribution in [0.2, 0.25) is 0 Å². The first kappa shape index (κ1) is 16.5. The number of hydrogen-bond acceptors (Lipinski definition) is 4. The molecule has 1 rings (SSSR count). The van der Waals surface area contributed by atoms with E-state index in [1.54, 1.807) is 12.1 Å². The van der Waals surface area contributed by atoms with Crippen molar-refractivity contribution in [1.29, 1.82) is 0 Å². The molecule has 5 nitrogen and oxygen atoms in total. The van der Waals surface area contributed by atoms with Crippen LogP contribution >= 0.6 is 11.8 Å². The highest BCUT2D eigenvalue weighted by Crippen LogP contribution is 2.16. The van der Waals surface area contributed by atoms with Crippen LogP contribution in [0, 0.1) is 10.1 Å². The van der Waals surface area contributed by atoms with Gasteiger partial charge in [0.25, 0.3) is 5.69 Å². The van der Waals surface area contributed by atoms with Crippen LogP contribution in [0.15, 0.2) is 24.3 Å². The minimum atomic E-state index is -0.417. The van der Waals surface area contributed by atoms with Crippen LogP contribution in [0.5, 0.6) is 0 Å². The van der Waals surface area contributed by atoms with Crippen molar-refractivity contribution in [2.45, 2.75) is 38.5 Å². The van der Waals surface area contributed by atoms with E-state index in [2.05, 4.69) is 12.2 Å². The van der Waals surface area contributed by atoms with Crippen LogP contribution in [0.3, 0.4) is 0 Å². The highest BCUT2D eigenvalue weighted by Gasteiger charge is 2.07. The highest BCUT2D eigenvalue weighted by atomic mass is 32.2. The lowest BCUT2D eigenvalue weighted by atomic mass is 10.2. The molecule has 1 N–H and O–H groups in total. The van der Waals surface area contributed by atoms with E-state index < -0.39 is 4.92 Å². The van der Waals surface area contributed by atoms with Gasteiger partial charge >= 0.3 is 0 Å². The number of thioether (sulfide) groups is 1. The molecule has 0 spiro atoms. The molecule has 1 atom stereocenters. The molecule has 20 heavy (non-hydrogen) atoms. The van der Waals surface area contributed by atoms with Gasteiger partial charge in [-0.3, -0.25) is 14.9 Å². The van der Waals surface area contributed by atoms with Crippen molar-refractivity contribution in [2.75, 3.05) is 5.75 Å². The lowest BCUT2D eigenvalue weighted by Crippen LogP contribution is -2.33. The molecule has 0 radical (unpaired) electrons. The van der Waals surface area contributed by atoms with Crippen molar-refractivity contribution in [3.05, 3.63) is 39.9 Å². The van der Waals surface area contributed by atoms with Crippen molar-refractivity contribution >= 4 is 23.4 Å². The first-order valence-corrected chi connectivity index (χ1v) is 7.78. The summed E-state index contributed by atoms with van der Waals surface area (Å²) >= 11 is 1.51. The summed E-state index contributed by atoms with van der Waals surface area (Å²) in [7, 11) is 0. The van der Waals surface area contributed by atoms with Gasteiger partial charge < -0.3 is 5.32 Å². The second kappa shape index (κ2) is 8.58. The van der Waals surface area contributed by atoms with E-state index in [9.17, 15) is 14.9 Å². The Kier molecular flexibility index (Phi) is 7.08. The number of amides is 1. The van der Waals surface area contributed by atoms with Gasteiger partial charge in [-0.25, -0.2) is 0 Å². The quantitative estimate of drug-likeness (QED) is 0.591. The van der Waals surface area contributed by atoms with Crippen molar-refractivity contribution in [3.63, 3.8) is 0 Å². The smallest absolute Gasteiger partial charge is 0.269 e. The van der Waals surface area contributed by atoms with Crippen LogP contribution in [0.4, 0.5) is 5.69 Å². The summed E-state index contributed by atoms with van der Waals surface area (Å²) < 4.78 is 0. The van der Waals surface area contributed by atoms with E-state index in [1.165, 1.54) is 23.9 Å². The molecular weight excluding hydrogens is 276 g/mol. The van der Waals surface area contributed by atoms with Crippen molar-refractivity contribution < 1.29 is 9.72 Å². The fraction of sp³-hybridized carbons (Fsp3) is 0.500. The van der Waals surface area contributed by atoms with Gasteiger partial charge in [-0.05, 0) is 18.9 Å². The van der Waals surface area contributed by atoms with Gasteiger partial charge in [-0.2, -0.15) is 0 Å². The average Bonchev–Trinajstić information content (AvgIpc) is 2.39. The van der Waals surface area contributed by atoms with Gasteiger partial charge in [0.05, 0.1) is 10.7 Å². The number of carbonyl (C=O) groups is 1. The average molecular weight is 296 g/mol. The molecule has 110 valence electrons. The van der Waals surface area contributed by atoms with Crippen molar-refractivity contribution in [2.24, 2.45) is 0 Å². The topological polar surface area (TPSA) is 72.2 Å². The fourth-order valence-corrected chi connectivity index (χ4v) is 2.60. The second-order valence-electron chi connectivity index (χ2n) is 4.67. The van der Waals surface area contributed by atoms with Gasteiger partial charge in [0, 0.05) is 23.9 Å². The molecule has 0 aliphatic heterocycles. The van der Waals surface area contributed by atoms with Crippen molar-refractivity contribution in [3.8, 4) is 0 Å². The number of nitrogens with zero attached hydrogens (tertiary/aromatic N) is 1. The Morgan fingerprint density at radius 3 is 2.60 bits per heavy atom. The first-order chi connectivity index (χ1) is 9.52. The minimum absolute atomic E-state index is 0.0397. The number of benzene rings is 1. The molecule has 0 saturated carbocycles. The Hall–Kier alpha value is -1.56. The first-order valence-electron chi connectivity index (χ1n) is 6.63. The third-order valence-electron chi connectivity index (χ3n) is 2.78. The van der Waals surface area contributed by atoms with Crippen LogP contribution in [0.25, 0.3) is 0 Å². The van der Waals surface area contributed by atoms with E-state index in [0.29, 0.717) is 11.5 Å². The maximum absolute atomic E-state index is 11.6. The zero-order valence-electron chi connectivity index (χ0n) is 11.8. The molecule has 1 amide bonds. The Morgan fingerprint density at radius 2 is 2.05 bits per heavy atom. The predicted molar refractivity (Wildman–Crippen MR) is 81.8 cm³/mol. The molecule has 0 unspecified atom stereocenters. The van der Waals surface area contributed by atoms with Crippen LogP contribution in [0.1, 0.15) is 32.3 Å². The van der Waals surface area contributed by atoms with E-state index in [0.717, 1.165) is 18.4 Å². The molecule has 0 saturated heterocycles. The van der Waals surface area contributed by atoms with Gasteiger partial charge in [-0.1, -0.05) is 25.5 Å². The zero-order chi connectivity index (χ0) is 15.0. The monoisotopic (exact) mass is 296 g/mol. The summed E-state index contributed by atoms with van der Waals surface area (Å²) in [6.07, 6.45) is 2.04. The summed E-state index contributed by atoms with van der Waals surface area (Å²) in [4.78, 5) is 21.7. The number of nitro groups is 1. The summed E-state index contributed by atoms with van der Waals surface area (Å²) in [6, 6.07) is 6.64. The lowest BCUT2D eigenvalue weighted by Gasteiger charge is -2.12. The lowest BCUT2D eigenvalue weighted by molar-refractivity contribution is -0.384.